The van der Waals surface area contributed by atoms with Gasteiger partial charge in [-0.25, -0.2) is 9.18 Å². The van der Waals surface area contributed by atoms with Crippen molar-refractivity contribution >= 4 is 17.7 Å². The van der Waals surface area contributed by atoms with Crippen LogP contribution in [0.2, 0.25) is 0 Å². The van der Waals surface area contributed by atoms with Crippen molar-refractivity contribution in [3.8, 4) is 12.3 Å². The fraction of sp³-hybridized carbons (Fsp3) is 0.231. The summed E-state index contributed by atoms with van der Waals surface area (Å²) in [4.78, 5) is 23.3. The first kappa shape index (κ1) is 14.5. The molecule has 2 N–H and O–H groups in total. The van der Waals surface area contributed by atoms with E-state index in [0.29, 0.717) is 5.56 Å². The molecule has 0 aliphatic heterocycles. The SMILES string of the molecule is C#CCN(CC(=O)O)C(=O)Nc1cccc(C)c1F. The van der Waals surface area contributed by atoms with Crippen molar-refractivity contribution in [3.63, 3.8) is 0 Å². The summed E-state index contributed by atoms with van der Waals surface area (Å²) in [6.45, 7) is 0.830. The summed E-state index contributed by atoms with van der Waals surface area (Å²) in [6, 6.07) is 3.76. The Morgan fingerprint density at radius 1 is 1.53 bits per heavy atom. The molecule has 0 unspecified atom stereocenters. The van der Waals surface area contributed by atoms with Crippen LogP contribution in [0.5, 0.6) is 0 Å². The first-order valence-electron chi connectivity index (χ1n) is 5.42. The van der Waals surface area contributed by atoms with Crippen molar-refractivity contribution in [3.05, 3.63) is 29.6 Å². The monoisotopic (exact) mass is 264 g/mol. The maximum atomic E-state index is 13.7. The van der Waals surface area contributed by atoms with Crippen LogP contribution in [-0.2, 0) is 4.79 Å². The summed E-state index contributed by atoms with van der Waals surface area (Å²) in [5, 5.41) is 11.0. The summed E-state index contributed by atoms with van der Waals surface area (Å²) in [5.41, 5.74) is 0.358. The number of terminal acetylenes is 1. The van der Waals surface area contributed by atoms with Crippen molar-refractivity contribution < 1.29 is 19.1 Å². The molecule has 6 heteroatoms. The molecule has 0 saturated heterocycles. The third-order valence-corrected chi connectivity index (χ3v) is 2.33. The Bertz CT molecular complexity index is 537. The van der Waals surface area contributed by atoms with E-state index in [-0.39, 0.29) is 12.2 Å². The van der Waals surface area contributed by atoms with Crippen LogP contribution in [0.15, 0.2) is 18.2 Å². The summed E-state index contributed by atoms with van der Waals surface area (Å²) in [5.74, 6) is 0.412. The van der Waals surface area contributed by atoms with Gasteiger partial charge in [0, 0.05) is 0 Å². The van der Waals surface area contributed by atoms with Gasteiger partial charge in [-0.05, 0) is 18.6 Å². The maximum Gasteiger partial charge on any atom is 0.323 e. The fourth-order valence-electron chi connectivity index (χ4n) is 1.41. The number of anilines is 1. The van der Waals surface area contributed by atoms with Gasteiger partial charge in [0.1, 0.15) is 12.4 Å². The van der Waals surface area contributed by atoms with Gasteiger partial charge in [0.15, 0.2) is 0 Å². The number of urea groups is 1. The highest BCUT2D eigenvalue weighted by atomic mass is 19.1. The van der Waals surface area contributed by atoms with E-state index >= 15 is 0 Å². The second kappa shape index (κ2) is 6.40. The highest BCUT2D eigenvalue weighted by Crippen LogP contribution is 2.17. The molecule has 0 bridgehead atoms. The van der Waals surface area contributed by atoms with E-state index in [4.69, 9.17) is 11.5 Å². The number of carboxylic acids is 1. The van der Waals surface area contributed by atoms with Crippen molar-refractivity contribution in [1.29, 1.82) is 0 Å². The highest BCUT2D eigenvalue weighted by molar-refractivity contribution is 5.91. The number of benzene rings is 1. The molecule has 1 aromatic rings. The Morgan fingerprint density at radius 2 is 2.21 bits per heavy atom. The van der Waals surface area contributed by atoms with Gasteiger partial charge >= 0.3 is 12.0 Å². The van der Waals surface area contributed by atoms with Crippen molar-refractivity contribution in [2.45, 2.75) is 6.92 Å². The van der Waals surface area contributed by atoms with Crippen LogP contribution in [0, 0.1) is 25.1 Å². The maximum absolute atomic E-state index is 13.7. The number of aryl methyl sites for hydroxylation is 1. The Labute approximate surface area is 110 Å². The second-order valence-electron chi connectivity index (χ2n) is 3.82. The van der Waals surface area contributed by atoms with Gasteiger partial charge in [-0.15, -0.1) is 6.42 Å². The minimum atomic E-state index is -1.20. The molecule has 5 nitrogen and oxygen atoms in total. The standard InChI is InChI=1S/C13H13FN2O3/c1-3-7-16(8-11(17)18)13(19)15-10-6-4-5-9(2)12(10)14/h1,4-6H,7-8H2,2H3,(H,15,19)(H,17,18). The zero-order valence-electron chi connectivity index (χ0n) is 10.3. The molecular formula is C13H13FN2O3. The number of hydrogen-bond donors (Lipinski definition) is 2. The van der Waals surface area contributed by atoms with E-state index in [2.05, 4.69) is 11.2 Å². The zero-order chi connectivity index (χ0) is 14.4. The largest absolute Gasteiger partial charge is 0.480 e. The van der Waals surface area contributed by atoms with Crippen molar-refractivity contribution in [2.75, 3.05) is 18.4 Å². The average Bonchev–Trinajstić information content (AvgIpc) is 2.34. The van der Waals surface area contributed by atoms with E-state index in [1.54, 1.807) is 19.1 Å². The van der Waals surface area contributed by atoms with Crippen LogP contribution < -0.4 is 5.32 Å². The Kier molecular flexibility index (Phi) is 4.89. The smallest absolute Gasteiger partial charge is 0.323 e. The lowest BCUT2D eigenvalue weighted by Crippen LogP contribution is -2.39. The van der Waals surface area contributed by atoms with E-state index < -0.39 is 24.4 Å². The lowest BCUT2D eigenvalue weighted by Gasteiger charge is -2.19. The Balaban J connectivity index is 2.84. The Hall–Kier alpha value is -2.55. The van der Waals surface area contributed by atoms with Crippen LogP contribution in [0.3, 0.4) is 0 Å². The molecular weight excluding hydrogens is 251 g/mol. The number of nitrogens with one attached hydrogen (secondary N) is 1. The molecule has 100 valence electrons. The van der Waals surface area contributed by atoms with Crippen LogP contribution in [0.1, 0.15) is 5.56 Å². The van der Waals surface area contributed by atoms with E-state index in [0.717, 1.165) is 4.90 Å². The number of halogens is 1. The molecule has 1 aromatic carbocycles. The van der Waals surface area contributed by atoms with Crippen LogP contribution in [-0.4, -0.2) is 35.1 Å². The molecule has 2 amide bonds. The molecule has 0 atom stereocenters. The molecule has 0 radical (unpaired) electrons. The predicted molar refractivity (Wildman–Crippen MR) is 68.2 cm³/mol. The van der Waals surface area contributed by atoms with Crippen LogP contribution >= 0.6 is 0 Å². The molecule has 19 heavy (non-hydrogen) atoms. The number of hydrogen-bond acceptors (Lipinski definition) is 2. The number of carbonyl (C=O) groups is 2. The average molecular weight is 264 g/mol. The first-order chi connectivity index (χ1) is 8.95. The summed E-state index contributed by atoms with van der Waals surface area (Å²) < 4.78 is 13.7. The van der Waals surface area contributed by atoms with Gasteiger partial charge < -0.3 is 15.3 Å². The molecule has 0 heterocycles. The molecule has 0 aliphatic carbocycles. The van der Waals surface area contributed by atoms with Gasteiger partial charge in [-0.3, -0.25) is 4.79 Å². The minimum absolute atomic E-state index is 0.0163. The first-order valence-corrected chi connectivity index (χ1v) is 5.42. The molecule has 0 spiro atoms. The van der Waals surface area contributed by atoms with Gasteiger partial charge in [0.25, 0.3) is 0 Å². The number of amides is 2. The molecule has 0 aromatic heterocycles. The number of rotatable bonds is 4. The number of carbonyl (C=O) groups excluding carboxylic acids is 1. The lowest BCUT2D eigenvalue weighted by molar-refractivity contribution is -0.137. The van der Waals surface area contributed by atoms with Crippen molar-refractivity contribution in [2.24, 2.45) is 0 Å². The fourth-order valence-corrected chi connectivity index (χ4v) is 1.41. The minimum Gasteiger partial charge on any atom is -0.480 e. The van der Waals surface area contributed by atoms with Crippen LogP contribution in [0.4, 0.5) is 14.9 Å². The van der Waals surface area contributed by atoms with Crippen LogP contribution in [0.25, 0.3) is 0 Å². The summed E-state index contributed by atoms with van der Waals surface area (Å²) >= 11 is 0. The topological polar surface area (TPSA) is 69.6 Å². The summed E-state index contributed by atoms with van der Waals surface area (Å²) in [6.07, 6.45) is 5.05. The quantitative estimate of drug-likeness (QED) is 0.813. The molecule has 1 rings (SSSR count). The van der Waals surface area contributed by atoms with E-state index in [9.17, 15) is 14.0 Å². The predicted octanol–water partition coefficient (Wildman–Crippen LogP) is 1.69. The van der Waals surface area contributed by atoms with Gasteiger partial charge in [0.05, 0.1) is 12.2 Å². The number of aliphatic carboxylic acids is 1. The lowest BCUT2D eigenvalue weighted by atomic mass is 10.2. The third kappa shape index (κ3) is 4.00. The van der Waals surface area contributed by atoms with Gasteiger partial charge in [-0.1, -0.05) is 18.1 Å². The molecule has 0 saturated carbocycles. The molecule has 0 aliphatic rings. The van der Waals surface area contributed by atoms with Crippen molar-refractivity contribution in [1.82, 2.24) is 4.90 Å². The third-order valence-electron chi connectivity index (χ3n) is 2.33. The number of carboxylic acid groups (broad SMARTS) is 1. The highest BCUT2D eigenvalue weighted by Gasteiger charge is 2.17. The summed E-state index contributed by atoms with van der Waals surface area (Å²) in [7, 11) is 0. The Morgan fingerprint density at radius 3 is 2.79 bits per heavy atom. The van der Waals surface area contributed by atoms with E-state index in [1.165, 1.54) is 6.07 Å². The normalized spacial score (nSPS) is 9.53. The molecule has 0 fully saturated rings. The van der Waals surface area contributed by atoms with E-state index in [1.807, 2.05) is 0 Å². The van der Waals surface area contributed by atoms with Gasteiger partial charge in [0.2, 0.25) is 0 Å². The van der Waals surface area contributed by atoms with Gasteiger partial charge in [-0.2, -0.15) is 0 Å². The number of nitrogens with zero attached hydrogens (tertiary/aromatic N) is 1. The zero-order valence-corrected chi connectivity index (χ0v) is 10.3. The second-order valence-corrected chi connectivity index (χ2v) is 3.82.